The van der Waals surface area contributed by atoms with Crippen LogP contribution in [0.2, 0.25) is 0 Å². The second kappa shape index (κ2) is 8.55. The Morgan fingerprint density at radius 3 is 2.78 bits per heavy atom. The van der Waals surface area contributed by atoms with Crippen molar-refractivity contribution in [3.8, 4) is 11.8 Å². The monoisotopic (exact) mass is 427 g/mol. The van der Waals surface area contributed by atoms with Crippen LogP contribution in [0, 0.1) is 25.2 Å². The first-order valence-electron chi connectivity index (χ1n) is 8.96. The maximum atomic E-state index is 12.4. The molecule has 1 aromatic heterocycles. The second-order valence-corrected chi connectivity index (χ2v) is 7.57. The van der Waals surface area contributed by atoms with Gasteiger partial charge in [-0.25, -0.2) is 0 Å². The maximum absolute atomic E-state index is 12.4. The molecule has 1 fully saturated rings. The summed E-state index contributed by atoms with van der Waals surface area (Å²) < 4.78 is 8.63. The summed E-state index contributed by atoms with van der Waals surface area (Å²) in [5, 5.41) is 12.2. The van der Waals surface area contributed by atoms with Crippen molar-refractivity contribution >= 4 is 27.9 Å². The molecule has 0 radical (unpaired) electrons. The average molecular weight is 428 g/mol. The number of hydrogen-bond acceptors (Lipinski definition) is 3. The molecule has 1 amide bonds. The molecular formula is C21H22BrN3O2. The highest BCUT2D eigenvalue weighted by Crippen LogP contribution is 2.24. The number of nitrogens with zero attached hydrogens (tertiary/aromatic N) is 2. The molecular weight excluding hydrogens is 406 g/mol. The lowest BCUT2D eigenvalue weighted by molar-refractivity contribution is -0.117. The van der Waals surface area contributed by atoms with Crippen LogP contribution in [0.3, 0.4) is 0 Å². The predicted octanol–water partition coefficient (Wildman–Crippen LogP) is 4.06. The molecule has 1 aliphatic heterocycles. The summed E-state index contributed by atoms with van der Waals surface area (Å²) in [4.78, 5) is 12.4. The van der Waals surface area contributed by atoms with Crippen LogP contribution < -0.4 is 5.32 Å². The van der Waals surface area contributed by atoms with Crippen molar-refractivity contribution in [2.24, 2.45) is 0 Å². The van der Waals surface area contributed by atoms with E-state index in [9.17, 15) is 10.1 Å². The zero-order valence-corrected chi connectivity index (χ0v) is 17.0. The third kappa shape index (κ3) is 4.49. The Morgan fingerprint density at radius 2 is 2.15 bits per heavy atom. The molecule has 1 N–H and O–H groups in total. The Balaban J connectivity index is 1.82. The van der Waals surface area contributed by atoms with Gasteiger partial charge in [0.05, 0.1) is 6.10 Å². The fourth-order valence-corrected chi connectivity index (χ4v) is 3.60. The van der Waals surface area contributed by atoms with Gasteiger partial charge in [-0.1, -0.05) is 15.9 Å². The third-order valence-electron chi connectivity index (χ3n) is 4.73. The smallest absolute Gasteiger partial charge is 0.262 e. The minimum atomic E-state index is -0.360. The Kier molecular flexibility index (Phi) is 6.15. The maximum Gasteiger partial charge on any atom is 0.262 e. The van der Waals surface area contributed by atoms with Crippen LogP contribution in [0.15, 0.2) is 40.4 Å². The zero-order valence-electron chi connectivity index (χ0n) is 15.5. The van der Waals surface area contributed by atoms with Crippen LogP contribution in [0.25, 0.3) is 11.8 Å². The van der Waals surface area contributed by atoms with Crippen molar-refractivity contribution in [2.45, 2.75) is 32.8 Å². The number of amides is 1. The zero-order chi connectivity index (χ0) is 19.4. The lowest BCUT2D eigenvalue weighted by Gasteiger charge is -2.10. The van der Waals surface area contributed by atoms with Gasteiger partial charge in [0, 0.05) is 34.7 Å². The number of carbonyl (C=O) groups is 1. The summed E-state index contributed by atoms with van der Waals surface area (Å²) in [6.07, 6.45) is 3.67. The van der Waals surface area contributed by atoms with Crippen LogP contribution in [-0.4, -0.2) is 29.7 Å². The molecule has 1 aromatic carbocycles. The van der Waals surface area contributed by atoms with Crippen LogP contribution in [-0.2, 0) is 9.53 Å². The molecule has 5 nitrogen and oxygen atoms in total. The minimum Gasteiger partial charge on any atom is -0.376 e. The highest BCUT2D eigenvalue weighted by molar-refractivity contribution is 9.10. The van der Waals surface area contributed by atoms with Crippen molar-refractivity contribution in [3.63, 3.8) is 0 Å². The molecule has 6 heteroatoms. The molecule has 0 spiro atoms. The minimum absolute atomic E-state index is 0.0522. The molecule has 27 heavy (non-hydrogen) atoms. The number of nitrogens with one attached hydrogen (secondary N) is 1. The number of hydrogen-bond donors (Lipinski definition) is 1. The van der Waals surface area contributed by atoms with Crippen LogP contribution in [0.5, 0.6) is 0 Å². The number of carbonyl (C=O) groups excluding carboxylic acids is 1. The van der Waals surface area contributed by atoms with Gasteiger partial charge < -0.3 is 14.6 Å². The molecule has 0 unspecified atom stereocenters. The van der Waals surface area contributed by atoms with Gasteiger partial charge in [0.25, 0.3) is 5.91 Å². The number of ether oxygens (including phenoxy) is 1. The van der Waals surface area contributed by atoms with Crippen LogP contribution >= 0.6 is 15.9 Å². The van der Waals surface area contributed by atoms with Gasteiger partial charge in [-0.15, -0.1) is 0 Å². The van der Waals surface area contributed by atoms with Crippen molar-refractivity contribution in [3.05, 3.63) is 57.3 Å². The van der Waals surface area contributed by atoms with E-state index in [1.54, 1.807) is 6.08 Å². The number of halogens is 1. The molecule has 1 saturated heterocycles. The van der Waals surface area contributed by atoms with E-state index in [4.69, 9.17) is 4.74 Å². The molecule has 140 valence electrons. The summed E-state index contributed by atoms with van der Waals surface area (Å²) in [7, 11) is 0. The van der Waals surface area contributed by atoms with Gasteiger partial charge in [0.2, 0.25) is 0 Å². The first kappa shape index (κ1) is 19.4. The van der Waals surface area contributed by atoms with E-state index in [0.717, 1.165) is 46.6 Å². The van der Waals surface area contributed by atoms with E-state index in [1.807, 2.05) is 50.2 Å². The van der Waals surface area contributed by atoms with Crippen LogP contribution in [0.4, 0.5) is 0 Å². The summed E-state index contributed by atoms with van der Waals surface area (Å²) in [6, 6.07) is 12.0. The van der Waals surface area contributed by atoms with E-state index in [2.05, 4.69) is 25.8 Å². The highest BCUT2D eigenvalue weighted by Gasteiger charge is 2.18. The van der Waals surface area contributed by atoms with Crippen molar-refractivity contribution in [1.29, 1.82) is 5.26 Å². The Labute approximate surface area is 167 Å². The number of aromatic nitrogens is 1. The quantitative estimate of drug-likeness (QED) is 0.577. The predicted molar refractivity (Wildman–Crippen MR) is 109 cm³/mol. The largest absolute Gasteiger partial charge is 0.376 e. The van der Waals surface area contributed by atoms with Gasteiger partial charge in [0.15, 0.2) is 0 Å². The summed E-state index contributed by atoms with van der Waals surface area (Å²) in [5.74, 6) is -0.360. The molecule has 0 saturated carbocycles. The highest BCUT2D eigenvalue weighted by atomic mass is 79.9. The summed E-state index contributed by atoms with van der Waals surface area (Å²) in [6.45, 7) is 5.18. The molecule has 2 heterocycles. The first-order valence-corrected chi connectivity index (χ1v) is 9.75. The molecule has 0 aliphatic carbocycles. The second-order valence-electron chi connectivity index (χ2n) is 6.65. The number of nitriles is 1. The summed E-state index contributed by atoms with van der Waals surface area (Å²) in [5.41, 5.74) is 4.02. The summed E-state index contributed by atoms with van der Waals surface area (Å²) >= 11 is 3.45. The Morgan fingerprint density at radius 1 is 1.41 bits per heavy atom. The van der Waals surface area contributed by atoms with E-state index in [-0.39, 0.29) is 17.6 Å². The molecule has 3 rings (SSSR count). The van der Waals surface area contributed by atoms with Gasteiger partial charge >= 0.3 is 0 Å². The van der Waals surface area contributed by atoms with Crippen molar-refractivity contribution in [2.75, 3.05) is 13.2 Å². The van der Waals surface area contributed by atoms with Crippen LogP contribution in [0.1, 0.15) is 29.8 Å². The standard InChI is InChI=1S/C21H22BrN3O2/c1-14-10-16(15(2)25(14)19-7-5-18(22)6-8-19)11-17(12-23)21(26)24-13-20-4-3-9-27-20/h5-8,10-11,20H,3-4,9,13H2,1-2H3,(H,24,26)/b17-11+/t20-/m1/s1. The molecule has 1 aliphatic rings. The first-order chi connectivity index (χ1) is 13.0. The Bertz CT molecular complexity index is 901. The average Bonchev–Trinajstić information content (AvgIpc) is 3.27. The van der Waals surface area contributed by atoms with Gasteiger partial charge in [0.1, 0.15) is 11.6 Å². The van der Waals surface area contributed by atoms with Gasteiger partial charge in [-0.2, -0.15) is 5.26 Å². The number of rotatable bonds is 5. The number of benzene rings is 1. The number of aryl methyl sites for hydroxylation is 1. The fourth-order valence-electron chi connectivity index (χ4n) is 3.33. The van der Waals surface area contributed by atoms with Gasteiger partial charge in [-0.3, -0.25) is 4.79 Å². The topological polar surface area (TPSA) is 67.1 Å². The lowest BCUT2D eigenvalue weighted by atomic mass is 10.1. The van der Waals surface area contributed by atoms with E-state index in [0.29, 0.717) is 6.54 Å². The normalized spacial score (nSPS) is 17.0. The van der Waals surface area contributed by atoms with E-state index < -0.39 is 0 Å². The SMILES string of the molecule is Cc1cc(/C=C(\C#N)C(=O)NC[C@H]2CCCO2)c(C)n1-c1ccc(Br)cc1. The van der Waals surface area contributed by atoms with Crippen molar-refractivity contribution in [1.82, 2.24) is 9.88 Å². The Hall–Kier alpha value is -2.36. The van der Waals surface area contributed by atoms with Gasteiger partial charge in [-0.05, 0) is 68.7 Å². The molecule has 2 aromatic rings. The lowest BCUT2D eigenvalue weighted by Crippen LogP contribution is -2.32. The third-order valence-corrected chi connectivity index (χ3v) is 5.26. The molecule has 1 atom stereocenters. The molecule has 0 bridgehead atoms. The van der Waals surface area contributed by atoms with E-state index >= 15 is 0 Å². The van der Waals surface area contributed by atoms with E-state index in [1.165, 1.54) is 0 Å². The van der Waals surface area contributed by atoms with Crippen molar-refractivity contribution < 1.29 is 9.53 Å². The fraction of sp³-hybridized carbons (Fsp3) is 0.333.